The zero-order chi connectivity index (χ0) is 21.5. The van der Waals surface area contributed by atoms with Crippen LogP contribution in [0.5, 0.6) is 0 Å². The highest BCUT2D eigenvalue weighted by Crippen LogP contribution is 2.14. The lowest BCUT2D eigenvalue weighted by molar-refractivity contribution is -0.110. The molecule has 0 aliphatic carbocycles. The SMILES string of the molecule is N=C(C(=O)Nc1cnn(Cc2ccc(CNCC(F)F)cc2)c1)c1ccccc1N. The number of halogens is 2. The number of alkyl halides is 2. The van der Waals surface area contributed by atoms with E-state index in [1.54, 1.807) is 35.1 Å². The van der Waals surface area contributed by atoms with E-state index in [0.717, 1.165) is 11.1 Å². The first-order chi connectivity index (χ1) is 14.4. The van der Waals surface area contributed by atoms with Gasteiger partial charge in [0.2, 0.25) is 0 Å². The predicted octanol–water partition coefficient (Wildman–Crippen LogP) is 2.87. The number of carbonyl (C=O) groups excluding carboxylic acids is 1. The van der Waals surface area contributed by atoms with Gasteiger partial charge in [0.15, 0.2) is 0 Å². The number of hydrogen-bond donors (Lipinski definition) is 4. The molecule has 3 rings (SSSR count). The summed E-state index contributed by atoms with van der Waals surface area (Å²) in [6, 6.07) is 14.2. The summed E-state index contributed by atoms with van der Waals surface area (Å²) in [6.45, 7) is 0.516. The fourth-order valence-electron chi connectivity index (χ4n) is 2.83. The Hall–Kier alpha value is -3.59. The first-order valence-corrected chi connectivity index (χ1v) is 9.26. The largest absolute Gasteiger partial charge is 0.398 e. The van der Waals surface area contributed by atoms with E-state index < -0.39 is 12.3 Å². The van der Waals surface area contributed by atoms with Crippen LogP contribution in [-0.4, -0.2) is 34.4 Å². The number of benzene rings is 2. The Kier molecular flexibility index (Phi) is 6.87. The maximum absolute atomic E-state index is 12.3. The normalized spacial score (nSPS) is 10.9. The van der Waals surface area contributed by atoms with Crippen LogP contribution in [0.25, 0.3) is 0 Å². The van der Waals surface area contributed by atoms with Gasteiger partial charge in [0.1, 0.15) is 5.71 Å². The number of nitrogens with zero attached hydrogens (tertiary/aromatic N) is 2. The second-order valence-electron chi connectivity index (χ2n) is 6.68. The molecule has 0 atom stereocenters. The van der Waals surface area contributed by atoms with E-state index in [0.29, 0.717) is 30.0 Å². The first kappa shape index (κ1) is 21.1. The van der Waals surface area contributed by atoms with E-state index in [9.17, 15) is 13.6 Å². The highest BCUT2D eigenvalue weighted by atomic mass is 19.3. The average molecular weight is 412 g/mol. The molecule has 9 heteroatoms. The van der Waals surface area contributed by atoms with Crippen molar-refractivity contribution in [2.24, 2.45) is 0 Å². The molecule has 0 fully saturated rings. The summed E-state index contributed by atoms with van der Waals surface area (Å²) < 4.78 is 26.0. The summed E-state index contributed by atoms with van der Waals surface area (Å²) in [5.41, 5.74) is 8.67. The molecule has 1 aromatic heterocycles. The molecule has 5 N–H and O–H groups in total. The summed E-state index contributed by atoms with van der Waals surface area (Å²) in [6.07, 6.45) is 0.798. The number of rotatable bonds is 9. The molecule has 156 valence electrons. The fourth-order valence-corrected chi connectivity index (χ4v) is 2.83. The topological polar surface area (TPSA) is 109 Å². The van der Waals surface area contributed by atoms with E-state index in [1.807, 2.05) is 24.3 Å². The third-order valence-corrected chi connectivity index (χ3v) is 4.34. The van der Waals surface area contributed by atoms with Gasteiger partial charge in [-0.15, -0.1) is 0 Å². The van der Waals surface area contributed by atoms with Gasteiger partial charge >= 0.3 is 0 Å². The molecular formula is C21H22F2N6O. The molecular weight excluding hydrogens is 390 g/mol. The molecule has 0 aliphatic heterocycles. The van der Waals surface area contributed by atoms with Crippen LogP contribution in [0.2, 0.25) is 0 Å². The maximum atomic E-state index is 12.3. The minimum absolute atomic E-state index is 0.225. The van der Waals surface area contributed by atoms with E-state index in [2.05, 4.69) is 15.7 Å². The van der Waals surface area contributed by atoms with Gasteiger partial charge in [-0.25, -0.2) is 8.78 Å². The minimum atomic E-state index is -2.37. The van der Waals surface area contributed by atoms with Gasteiger partial charge in [-0.2, -0.15) is 5.10 Å². The molecule has 2 aromatic carbocycles. The zero-order valence-electron chi connectivity index (χ0n) is 16.1. The number of nitrogen functional groups attached to an aromatic ring is 1. The van der Waals surface area contributed by atoms with Crippen LogP contribution in [0.1, 0.15) is 16.7 Å². The number of amides is 1. The molecule has 0 saturated heterocycles. The summed E-state index contributed by atoms with van der Waals surface area (Å²) in [4.78, 5) is 12.3. The number of nitrogens with one attached hydrogen (secondary N) is 3. The molecule has 0 aliphatic rings. The molecule has 0 spiro atoms. The van der Waals surface area contributed by atoms with Crippen molar-refractivity contribution in [2.45, 2.75) is 19.5 Å². The van der Waals surface area contributed by atoms with Crippen molar-refractivity contribution in [2.75, 3.05) is 17.6 Å². The Morgan fingerprint density at radius 3 is 2.53 bits per heavy atom. The molecule has 0 saturated carbocycles. The molecule has 1 heterocycles. The average Bonchev–Trinajstić information content (AvgIpc) is 3.15. The van der Waals surface area contributed by atoms with Gasteiger partial charge in [0, 0.05) is 24.0 Å². The van der Waals surface area contributed by atoms with Gasteiger partial charge in [-0.05, 0) is 17.2 Å². The van der Waals surface area contributed by atoms with Crippen LogP contribution in [0.4, 0.5) is 20.2 Å². The lowest BCUT2D eigenvalue weighted by Gasteiger charge is -2.07. The molecule has 30 heavy (non-hydrogen) atoms. The van der Waals surface area contributed by atoms with Crippen LogP contribution < -0.4 is 16.4 Å². The Balaban J connectivity index is 1.55. The maximum Gasteiger partial charge on any atom is 0.274 e. The minimum Gasteiger partial charge on any atom is -0.398 e. The molecule has 0 bridgehead atoms. The van der Waals surface area contributed by atoms with Crippen LogP contribution in [-0.2, 0) is 17.9 Å². The van der Waals surface area contributed by atoms with Crippen molar-refractivity contribution in [1.29, 1.82) is 5.41 Å². The van der Waals surface area contributed by atoms with Crippen molar-refractivity contribution < 1.29 is 13.6 Å². The Morgan fingerprint density at radius 2 is 1.83 bits per heavy atom. The van der Waals surface area contributed by atoms with E-state index >= 15 is 0 Å². The molecule has 0 radical (unpaired) electrons. The van der Waals surface area contributed by atoms with Gasteiger partial charge in [-0.3, -0.25) is 14.9 Å². The van der Waals surface area contributed by atoms with Crippen LogP contribution in [0.3, 0.4) is 0 Å². The molecule has 1 amide bonds. The summed E-state index contributed by atoms with van der Waals surface area (Å²) in [5.74, 6) is -0.576. The number of para-hydroxylation sites is 1. The Labute approximate surface area is 172 Å². The van der Waals surface area contributed by atoms with Crippen molar-refractivity contribution in [3.8, 4) is 0 Å². The highest BCUT2D eigenvalue weighted by Gasteiger charge is 2.15. The lowest BCUT2D eigenvalue weighted by Crippen LogP contribution is -2.23. The highest BCUT2D eigenvalue weighted by molar-refractivity contribution is 6.48. The molecule has 7 nitrogen and oxygen atoms in total. The first-order valence-electron chi connectivity index (χ1n) is 9.26. The number of anilines is 2. The van der Waals surface area contributed by atoms with Crippen LogP contribution >= 0.6 is 0 Å². The predicted molar refractivity (Wildman–Crippen MR) is 112 cm³/mol. The van der Waals surface area contributed by atoms with Crippen molar-refractivity contribution in [1.82, 2.24) is 15.1 Å². The second-order valence-corrected chi connectivity index (χ2v) is 6.68. The van der Waals surface area contributed by atoms with Gasteiger partial charge < -0.3 is 16.4 Å². The van der Waals surface area contributed by atoms with Crippen molar-refractivity contribution in [3.63, 3.8) is 0 Å². The molecule has 0 unspecified atom stereocenters. The van der Waals surface area contributed by atoms with Crippen molar-refractivity contribution in [3.05, 3.63) is 77.6 Å². The van der Waals surface area contributed by atoms with Gasteiger partial charge in [-0.1, -0.05) is 42.5 Å². The smallest absolute Gasteiger partial charge is 0.274 e. The van der Waals surface area contributed by atoms with E-state index in [1.165, 1.54) is 6.20 Å². The van der Waals surface area contributed by atoms with Crippen molar-refractivity contribution >= 4 is 23.0 Å². The quantitative estimate of drug-likeness (QED) is 0.320. The monoisotopic (exact) mass is 412 g/mol. The lowest BCUT2D eigenvalue weighted by atomic mass is 10.1. The third-order valence-electron chi connectivity index (χ3n) is 4.34. The Morgan fingerprint density at radius 1 is 1.13 bits per heavy atom. The summed E-state index contributed by atoms with van der Waals surface area (Å²) in [7, 11) is 0. The van der Waals surface area contributed by atoms with Crippen LogP contribution in [0, 0.1) is 5.41 Å². The van der Waals surface area contributed by atoms with Gasteiger partial charge in [0.25, 0.3) is 12.3 Å². The summed E-state index contributed by atoms with van der Waals surface area (Å²) >= 11 is 0. The fraction of sp³-hybridized carbons (Fsp3) is 0.190. The number of carbonyl (C=O) groups is 1. The van der Waals surface area contributed by atoms with Crippen LogP contribution in [0.15, 0.2) is 60.9 Å². The van der Waals surface area contributed by atoms with Gasteiger partial charge in [0.05, 0.1) is 25.0 Å². The van der Waals surface area contributed by atoms with E-state index in [-0.39, 0.29) is 12.3 Å². The zero-order valence-corrected chi connectivity index (χ0v) is 16.1. The van der Waals surface area contributed by atoms with E-state index in [4.69, 9.17) is 11.1 Å². The number of hydrogen-bond acceptors (Lipinski definition) is 5. The third kappa shape index (κ3) is 5.71. The molecule has 3 aromatic rings. The summed E-state index contributed by atoms with van der Waals surface area (Å²) in [5, 5.41) is 17.6. The standard InChI is InChI=1S/C21H22F2N6O/c22-19(23)11-26-9-14-5-7-15(8-6-14)12-29-13-16(10-27-29)28-21(30)20(25)17-3-1-2-4-18(17)24/h1-8,10,13,19,25-26H,9,11-12,24H2,(H,28,30). The number of nitrogens with two attached hydrogens (primary N) is 1. The number of aromatic nitrogens is 2. The Bertz CT molecular complexity index is 1020. The second kappa shape index (κ2) is 9.75.